The van der Waals surface area contributed by atoms with E-state index in [1.807, 2.05) is 0 Å². The number of nitrogen functional groups attached to an aromatic ring is 1. The number of halogens is 6. The lowest BCUT2D eigenvalue weighted by Gasteiger charge is -2.27. The third kappa shape index (κ3) is 11.3. The van der Waals surface area contributed by atoms with Crippen LogP contribution in [0.5, 0.6) is 0 Å². The van der Waals surface area contributed by atoms with E-state index in [-0.39, 0.29) is 45.1 Å². The molecule has 3 rings (SSSR count). The monoisotopic (exact) mass is 671 g/mol. The molecule has 1 aliphatic rings. The number of carbonyl (C=O) groups excluding carboxylic acids is 2. The zero-order chi connectivity index (χ0) is 33.5. The summed E-state index contributed by atoms with van der Waals surface area (Å²) in [6.07, 6.45) is -10.7. The van der Waals surface area contributed by atoms with Crippen LogP contribution in [0.3, 0.4) is 0 Å². The maximum atomic E-state index is 13.8. The number of rotatable bonds is 8. The molecule has 0 radical (unpaired) electrons. The highest BCUT2D eigenvalue weighted by molar-refractivity contribution is 7.89. The van der Waals surface area contributed by atoms with Gasteiger partial charge >= 0.3 is 18.3 Å². The summed E-state index contributed by atoms with van der Waals surface area (Å²) in [5.41, 5.74) is 4.85. The first-order valence-electron chi connectivity index (χ1n) is 12.4. The molecule has 250 valence electrons. The van der Waals surface area contributed by atoms with Gasteiger partial charge in [0.1, 0.15) is 12.3 Å². The van der Waals surface area contributed by atoms with Crippen molar-refractivity contribution in [3.05, 3.63) is 59.2 Å². The Morgan fingerprint density at radius 3 is 2.02 bits per heavy atom. The molecular weight excluding hydrogens is 640 g/mol. The summed E-state index contributed by atoms with van der Waals surface area (Å²) in [4.78, 5) is 32.5. The van der Waals surface area contributed by atoms with E-state index < -0.39 is 63.1 Å². The maximum absolute atomic E-state index is 13.8. The van der Waals surface area contributed by atoms with Gasteiger partial charge in [0.05, 0.1) is 29.7 Å². The highest BCUT2D eigenvalue weighted by Crippen LogP contribution is 2.37. The summed E-state index contributed by atoms with van der Waals surface area (Å²) in [5.74, 6) is -4.31. The molecule has 0 saturated carbocycles. The molecule has 0 aliphatic carbocycles. The van der Waals surface area contributed by atoms with Gasteiger partial charge < -0.3 is 26.2 Å². The van der Waals surface area contributed by atoms with Crippen molar-refractivity contribution in [2.24, 2.45) is 5.73 Å². The van der Waals surface area contributed by atoms with Gasteiger partial charge in [-0.1, -0.05) is 13.5 Å². The van der Waals surface area contributed by atoms with E-state index in [9.17, 15) is 44.3 Å². The van der Waals surface area contributed by atoms with Crippen molar-refractivity contribution < 1.29 is 59.0 Å². The van der Waals surface area contributed by atoms with Crippen LogP contribution in [0.15, 0.2) is 47.4 Å². The number of carboxylic acid groups (broad SMARTS) is 1. The lowest BCUT2D eigenvalue weighted by molar-refractivity contribution is -0.192. The Morgan fingerprint density at radius 1 is 1.02 bits per heavy atom. The fraction of sp³-hybridized carbons (Fsp3) is 0.385. The van der Waals surface area contributed by atoms with Crippen molar-refractivity contribution in [1.82, 2.24) is 9.62 Å². The molecule has 12 nitrogen and oxygen atoms in total. The smallest absolute Gasteiger partial charge is 0.475 e. The number of nitrogens with zero attached hydrogens (tertiary/aromatic N) is 1. The van der Waals surface area contributed by atoms with Crippen molar-refractivity contribution in [2.75, 3.05) is 31.6 Å². The summed E-state index contributed by atoms with van der Waals surface area (Å²) in [7, 11) is -4.42. The summed E-state index contributed by atoms with van der Waals surface area (Å²) >= 11 is 0. The molecule has 0 bridgehead atoms. The fourth-order valence-corrected chi connectivity index (χ4v) is 5.25. The number of carboxylic acids is 1. The number of nitrogens with one attached hydrogen (secondary N) is 3. The molecule has 1 fully saturated rings. The zero-order valence-corrected chi connectivity index (χ0v) is 23.6. The Morgan fingerprint density at radius 2 is 1.56 bits per heavy atom. The molecule has 1 atom stereocenters. The lowest BCUT2D eigenvalue weighted by atomic mass is 10.0. The quantitative estimate of drug-likeness (QED) is 0.122. The van der Waals surface area contributed by atoms with Gasteiger partial charge in [-0.2, -0.15) is 30.6 Å². The van der Waals surface area contributed by atoms with Gasteiger partial charge in [0, 0.05) is 24.3 Å². The first kappa shape index (κ1) is 38.8. The maximum Gasteiger partial charge on any atom is 0.490 e. The Bertz CT molecular complexity index is 1480. The Hall–Kier alpha value is -4.23. The Kier molecular flexibility index (Phi) is 13.5. The molecule has 1 aliphatic heterocycles. The first-order valence-corrected chi connectivity index (χ1v) is 13.8. The van der Waals surface area contributed by atoms with Gasteiger partial charge in [0.2, 0.25) is 21.8 Å². The van der Waals surface area contributed by atoms with Gasteiger partial charge in [-0.3, -0.25) is 15.0 Å². The summed E-state index contributed by atoms with van der Waals surface area (Å²) < 4.78 is 105. The minimum Gasteiger partial charge on any atom is -0.475 e. The van der Waals surface area contributed by atoms with E-state index in [0.717, 1.165) is 10.4 Å². The van der Waals surface area contributed by atoms with Crippen molar-refractivity contribution in [1.29, 1.82) is 5.41 Å². The molecule has 45 heavy (non-hydrogen) atoms. The predicted octanol–water partition coefficient (Wildman–Crippen LogP) is 3.49. The second kappa shape index (κ2) is 15.7. The third-order valence-corrected chi connectivity index (χ3v) is 7.77. The molecule has 2 aromatic rings. The van der Waals surface area contributed by atoms with Crippen LogP contribution >= 0.6 is 0 Å². The molecule has 2 aromatic carbocycles. The number of aliphatic carboxylic acids is 1. The fourth-order valence-electron chi connectivity index (χ4n) is 3.65. The van der Waals surface area contributed by atoms with Crippen LogP contribution in [0.25, 0.3) is 0 Å². The molecule has 6 N–H and O–H groups in total. The van der Waals surface area contributed by atoms with E-state index in [1.54, 1.807) is 0 Å². The van der Waals surface area contributed by atoms with E-state index in [4.69, 9.17) is 25.8 Å². The number of carbonyl (C=O) groups is 3. The molecule has 1 heterocycles. The SMILES string of the molecule is C.C[C@H](NC(=O)CC(=O)Nc1ccc(C(=N)N)cc1)c1ccc(S(=O)(=O)N2CCOCC2)c(C(F)(F)F)c1.O=C(O)C(F)(F)F. The molecule has 1 saturated heterocycles. The van der Waals surface area contributed by atoms with Crippen LogP contribution < -0.4 is 16.4 Å². The molecule has 2 amide bonds. The lowest BCUT2D eigenvalue weighted by Crippen LogP contribution is -2.41. The summed E-state index contributed by atoms with van der Waals surface area (Å²) in [5, 5.41) is 19.4. The standard InChI is InChI=1S/C23H26F3N5O5S.C2HF3O2.CH4/c1-14(29-20(32)13-21(33)30-17-5-2-15(3-6-17)22(27)28)16-4-7-19(18(12-16)23(24,25)26)37(34,35)31-8-10-36-11-9-31;3-2(4,5)1(6)7;/h2-7,12,14H,8-11,13H2,1H3,(H3,27,28)(H,29,32)(H,30,33);(H,6,7);1H4/t14-;;/m0../s1. The van der Waals surface area contributed by atoms with Gasteiger partial charge in [0.15, 0.2) is 0 Å². The number of benzene rings is 2. The van der Waals surface area contributed by atoms with Crippen LogP contribution in [-0.4, -0.2) is 73.9 Å². The van der Waals surface area contributed by atoms with Crippen molar-refractivity contribution in [3.8, 4) is 0 Å². The molecule has 0 aromatic heterocycles. The van der Waals surface area contributed by atoms with E-state index in [0.29, 0.717) is 17.3 Å². The van der Waals surface area contributed by atoms with Crippen molar-refractivity contribution in [2.45, 2.75) is 44.1 Å². The summed E-state index contributed by atoms with van der Waals surface area (Å²) in [6, 6.07) is 7.85. The third-order valence-electron chi connectivity index (χ3n) is 5.82. The Labute approximate surface area is 254 Å². The number of amidine groups is 1. The predicted molar refractivity (Wildman–Crippen MR) is 149 cm³/mol. The van der Waals surface area contributed by atoms with Gasteiger partial charge in [-0.15, -0.1) is 0 Å². The van der Waals surface area contributed by atoms with Crippen molar-refractivity contribution in [3.63, 3.8) is 0 Å². The van der Waals surface area contributed by atoms with Crippen molar-refractivity contribution >= 4 is 39.3 Å². The highest BCUT2D eigenvalue weighted by Gasteiger charge is 2.40. The van der Waals surface area contributed by atoms with Crippen LogP contribution in [-0.2, 0) is 35.3 Å². The van der Waals surface area contributed by atoms with Crippen LogP contribution in [0.1, 0.15) is 43.5 Å². The number of morpholine rings is 1. The normalized spacial score (nSPS) is 14.6. The number of alkyl halides is 6. The van der Waals surface area contributed by atoms with E-state index >= 15 is 0 Å². The Balaban J connectivity index is 0.00000113. The van der Waals surface area contributed by atoms with Gasteiger partial charge in [-0.05, 0) is 48.9 Å². The zero-order valence-electron chi connectivity index (χ0n) is 22.8. The molecule has 19 heteroatoms. The van der Waals surface area contributed by atoms with Crippen LogP contribution in [0.4, 0.5) is 32.0 Å². The van der Waals surface area contributed by atoms with Crippen LogP contribution in [0.2, 0.25) is 0 Å². The second-order valence-corrected chi connectivity index (χ2v) is 11.0. The molecular formula is C26H31F6N5O7S. The van der Waals surface area contributed by atoms with Gasteiger partial charge in [0.25, 0.3) is 0 Å². The topological polar surface area (TPSA) is 192 Å². The largest absolute Gasteiger partial charge is 0.490 e. The second-order valence-electron chi connectivity index (χ2n) is 9.08. The average molecular weight is 672 g/mol. The summed E-state index contributed by atoms with van der Waals surface area (Å²) in [6.45, 7) is 1.47. The number of hydrogen-bond acceptors (Lipinski definition) is 7. The van der Waals surface area contributed by atoms with Crippen LogP contribution in [0, 0.1) is 5.41 Å². The highest BCUT2D eigenvalue weighted by atomic mass is 32.2. The number of ether oxygens (including phenoxy) is 1. The number of amides is 2. The average Bonchev–Trinajstić information content (AvgIpc) is 2.92. The minimum atomic E-state index is -5.08. The molecule has 0 unspecified atom stereocenters. The van der Waals surface area contributed by atoms with E-state index in [1.165, 1.54) is 37.3 Å². The first-order chi connectivity index (χ1) is 20.2. The number of anilines is 1. The number of hydrogen-bond donors (Lipinski definition) is 5. The number of sulfonamides is 1. The van der Waals surface area contributed by atoms with E-state index in [2.05, 4.69) is 10.6 Å². The van der Waals surface area contributed by atoms with Gasteiger partial charge in [-0.25, -0.2) is 13.2 Å². The minimum absolute atomic E-state index is 0. The number of nitrogens with two attached hydrogens (primary N) is 1. The molecule has 0 spiro atoms.